The van der Waals surface area contributed by atoms with Crippen molar-refractivity contribution >= 4 is 17.4 Å². The van der Waals surface area contributed by atoms with E-state index >= 15 is 0 Å². The number of nitrogens with zero attached hydrogens (tertiary/aromatic N) is 1. The minimum absolute atomic E-state index is 0.329. The van der Waals surface area contributed by atoms with Crippen LogP contribution in [-0.2, 0) is 0 Å². The van der Waals surface area contributed by atoms with Gasteiger partial charge in [-0.2, -0.15) is 0 Å². The summed E-state index contributed by atoms with van der Waals surface area (Å²) >= 11 is 1.21. The highest BCUT2D eigenvalue weighted by Crippen LogP contribution is 2.31. The molecule has 0 spiro atoms. The molecule has 1 heterocycles. The quantitative estimate of drug-likeness (QED) is 0.919. The number of nitrogen functional groups attached to an aromatic ring is 1. The molecule has 0 amide bonds. The van der Waals surface area contributed by atoms with E-state index < -0.39 is 17.2 Å². The largest absolute Gasteiger partial charge is 0.470 e. The summed E-state index contributed by atoms with van der Waals surface area (Å²) in [5.74, 6) is -1.43. The average Bonchev–Trinajstić information content (AvgIpc) is 2.36. The standard InChI is InChI=1S/C15H16F2N2OS/c1-15(2,3)20-14-12(18)6-7-13(19-14)21-9-4-5-10(16)11(17)8-9/h4-8H,18H2,1-3H3. The van der Waals surface area contributed by atoms with E-state index in [1.807, 2.05) is 20.8 Å². The highest BCUT2D eigenvalue weighted by atomic mass is 32.2. The molecule has 1 aromatic heterocycles. The molecule has 0 aliphatic rings. The van der Waals surface area contributed by atoms with Crippen molar-refractivity contribution in [3.8, 4) is 5.88 Å². The molecule has 0 aliphatic heterocycles. The van der Waals surface area contributed by atoms with Crippen LogP contribution in [0, 0.1) is 11.6 Å². The number of rotatable bonds is 3. The van der Waals surface area contributed by atoms with Crippen LogP contribution in [-0.4, -0.2) is 10.6 Å². The van der Waals surface area contributed by atoms with Crippen molar-refractivity contribution in [2.45, 2.75) is 36.3 Å². The Bertz CT molecular complexity index is 657. The molecular weight excluding hydrogens is 294 g/mol. The number of benzene rings is 1. The summed E-state index contributed by atoms with van der Waals surface area (Å²) in [4.78, 5) is 4.85. The summed E-state index contributed by atoms with van der Waals surface area (Å²) in [6.45, 7) is 5.68. The van der Waals surface area contributed by atoms with Gasteiger partial charge >= 0.3 is 0 Å². The number of halogens is 2. The molecule has 2 N–H and O–H groups in total. The zero-order chi connectivity index (χ0) is 15.6. The van der Waals surface area contributed by atoms with E-state index in [-0.39, 0.29) is 0 Å². The van der Waals surface area contributed by atoms with E-state index in [2.05, 4.69) is 4.98 Å². The van der Waals surface area contributed by atoms with Gasteiger partial charge in [0.05, 0.1) is 5.69 Å². The lowest BCUT2D eigenvalue weighted by Crippen LogP contribution is -2.24. The Morgan fingerprint density at radius 1 is 1.10 bits per heavy atom. The second-order valence-electron chi connectivity index (χ2n) is 5.44. The zero-order valence-corrected chi connectivity index (χ0v) is 12.8. The molecule has 0 radical (unpaired) electrons. The third-order valence-corrected chi connectivity index (χ3v) is 3.31. The number of nitrogens with two attached hydrogens (primary N) is 1. The van der Waals surface area contributed by atoms with E-state index in [0.29, 0.717) is 21.5 Å². The number of anilines is 1. The molecule has 0 unspecified atom stereocenters. The summed E-state index contributed by atoms with van der Waals surface area (Å²) in [5.41, 5.74) is 5.83. The van der Waals surface area contributed by atoms with Gasteiger partial charge < -0.3 is 10.5 Å². The van der Waals surface area contributed by atoms with Crippen LogP contribution in [0.5, 0.6) is 5.88 Å². The van der Waals surface area contributed by atoms with Crippen LogP contribution in [0.4, 0.5) is 14.5 Å². The van der Waals surface area contributed by atoms with Crippen molar-refractivity contribution < 1.29 is 13.5 Å². The molecule has 0 bridgehead atoms. The monoisotopic (exact) mass is 310 g/mol. The Morgan fingerprint density at radius 2 is 1.81 bits per heavy atom. The molecule has 6 heteroatoms. The van der Waals surface area contributed by atoms with Gasteiger partial charge in [-0.3, -0.25) is 0 Å². The lowest BCUT2D eigenvalue weighted by Gasteiger charge is -2.21. The van der Waals surface area contributed by atoms with Crippen LogP contribution in [0.3, 0.4) is 0 Å². The van der Waals surface area contributed by atoms with Crippen LogP contribution < -0.4 is 10.5 Å². The Morgan fingerprint density at radius 3 is 2.43 bits per heavy atom. The number of aromatic nitrogens is 1. The van der Waals surface area contributed by atoms with Crippen LogP contribution in [0.2, 0.25) is 0 Å². The Hall–Kier alpha value is -1.82. The number of hydrogen-bond donors (Lipinski definition) is 1. The van der Waals surface area contributed by atoms with Crippen LogP contribution in [0.25, 0.3) is 0 Å². The first-order valence-electron chi connectivity index (χ1n) is 6.33. The molecule has 0 atom stereocenters. The zero-order valence-electron chi connectivity index (χ0n) is 12.0. The minimum Gasteiger partial charge on any atom is -0.470 e. The lowest BCUT2D eigenvalue weighted by atomic mass is 10.2. The van der Waals surface area contributed by atoms with E-state index in [0.717, 1.165) is 12.1 Å². The molecule has 2 rings (SSSR count). The van der Waals surface area contributed by atoms with Crippen molar-refractivity contribution in [1.29, 1.82) is 0 Å². The van der Waals surface area contributed by atoms with E-state index in [9.17, 15) is 8.78 Å². The smallest absolute Gasteiger partial charge is 0.238 e. The first kappa shape index (κ1) is 15.6. The van der Waals surface area contributed by atoms with Crippen molar-refractivity contribution in [1.82, 2.24) is 4.98 Å². The molecule has 3 nitrogen and oxygen atoms in total. The normalized spacial score (nSPS) is 11.5. The van der Waals surface area contributed by atoms with Crippen LogP contribution >= 0.6 is 11.8 Å². The maximum atomic E-state index is 13.2. The maximum absolute atomic E-state index is 13.2. The van der Waals surface area contributed by atoms with Gasteiger partial charge in [-0.1, -0.05) is 11.8 Å². The van der Waals surface area contributed by atoms with Gasteiger partial charge in [-0.15, -0.1) is 0 Å². The highest BCUT2D eigenvalue weighted by Gasteiger charge is 2.16. The maximum Gasteiger partial charge on any atom is 0.238 e. The molecule has 112 valence electrons. The highest BCUT2D eigenvalue weighted by molar-refractivity contribution is 7.99. The van der Waals surface area contributed by atoms with Crippen molar-refractivity contribution in [3.05, 3.63) is 42.0 Å². The molecule has 1 aromatic carbocycles. The Labute approximate surface area is 126 Å². The number of hydrogen-bond acceptors (Lipinski definition) is 4. The van der Waals surface area contributed by atoms with E-state index in [4.69, 9.17) is 10.5 Å². The summed E-state index contributed by atoms with van der Waals surface area (Å²) in [7, 11) is 0. The van der Waals surface area contributed by atoms with E-state index in [1.54, 1.807) is 12.1 Å². The number of ether oxygens (including phenoxy) is 1. The van der Waals surface area contributed by atoms with Gasteiger partial charge in [0.25, 0.3) is 0 Å². The van der Waals surface area contributed by atoms with Gasteiger partial charge in [-0.05, 0) is 51.1 Å². The average molecular weight is 310 g/mol. The van der Waals surface area contributed by atoms with Crippen molar-refractivity contribution in [2.75, 3.05) is 5.73 Å². The second kappa shape index (κ2) is 5.89. The van der Waals surface area contributed by atoms with Gasteiger partial charge in [0.1, 0.15) is 10.6 Å². The SMILES string of the molecule is CC(C)(C)Oc1nc(Sc2ccc(F)c(F)c2)ccc1N. The van der Waals surface area contributed by atoms with E-state index in [1.165, 1.54) is 17.8 Å². The summed E-state index contributed by atoms with van der Waals surface area (Å²) in [6.07, 6.45) is 0. The van der Waals surface area contributed by atoms with Crippen molar-refractivity contribution in [3.63, 3.8) is 0 Å². The van der Waals surface area contributed by atoms with Gasteiger partial charge in [0.15, 0.2) is 11.6 Å². The first-order valence-corrected chi connectivity index (χ1v) is 7.15. The predicted octanol–water partition coefficient (Wildman–Crippen LogP) is 4.27. The summed E-state index contributed by atoms with van der Waals surface area (Å²) in [6, 6.07) is 7.09. The second-order valence-corrected chi connectivity index (χ2v) is 6.53. The van der Waals surface area contributed by atoms with Crippen LogP contribution in [0.1, 0.15) is 20.8 Å². The summed E-state index contributed by atoms with van der Waals surface area (Å²) < 4.78 is 31.8. The third kappa shape index (κ3) is 4.32. The first-order chi connectivity index (χ1) is 9.74. The Kier molecular flexibility index (Phi) is 4.37. The van der Waals surface area contributed by atoms with Gasteiger partial charge in [-0.25, -0.2) is 13.8 Å². The summed E-state index contributed by atoms with van der Waals surface area (Å²) in [5, 5.41) is 0.592. The molecule has 0 aliphatic carbocycles. The fraction of sp³-hybridized carbons (Fsp3) is 0.267. The third-order valence-electron chi connectivity index (χ3n) is 2.38. The fourth-order valence-electron chi connectivity index (χ4n) is 1.52. The molecular formula is C15H16F2N2OS. The van der Waals surface area contributed by atoms with Gasteiger partial charge in [0.2, 0.25) is 5.88 Å². The minimum atomic E-state index is -0.887. The number of pyridine rings is 1. The van der Waals surface area contributed by atoms with Crippen molar-refractivity contribution in [2.24, 2.45) is 0 Å². The molecule has 2 aromatic rings. The topological polar surface area (TPSA) is 48.1 Å². The fourth-order valence-corrected chi connectivity index (χ4v) is 2.33. The Balaban J connectivity index is 2.24. The lowest BCUT2D eigenvalue weighted by molar-refractivity contribution is 0.124. The molecule has 0 saturated carbocycles. The molecule has 0 fully saturated rings. The molecule has 0 saturated heterocycles. The van der Waals surface area contributed by atoms with Gasteiger partial charge in [0, 0.05) is 4.90 Å². The molecule has 21 heavy (non-hydrogen) atoms. The van der Waals surface area contributed by atoms with Crippen LogP contribution in [0.15, 0.2) is 40.3 Å². The predicted molar refractivity (Wildman–Crippen MR) is 79.5 cm³/mol.